The molecular weight excluding hydrogens is 382 g/mol. The fourth-order valence-corrected chi connectivity index (χ4v) is 3.04. The zero-order valence-corrected chi connectivity index (χ0v) is 18.0. The Kier molecular flexibility index (Phi) is 7.84. The quantitative estimate of drug-likeness (QED) is 0.535. The van der Waals surface area contributed by atoms with Gasteiger partial charge in [-0.05, 0) is 38.3 Å². The second-order valence-corrected chi connectivity index (χ2v) is 7.69. The SMILES string of the molecule is Cc1ccc(-c2nc(CN=C(NCC(=O)N(C)C)NCC3CCCCO3)co2)cc1. The van der Waals surface area contributed by atoms with E-state index < -0.39 is 0 Å². The number of carbonyl (C=O) groups is 1. The number of guanidine groups is 1. The number of aryl methyl sites for hydroxylation is 1. The van der Waals surface area contributed by atoms with E-state index in [4.69, 9.17) is 9.15 Å². The van der Waals surface area contributed by atoms with E-state index in [9.17, 15) is 4.79 Å². The first-order chi connectivity index (χ1) is 14.5. The zero-order valence-electron chi connectivity index (χ0n) is 18.0. The van der Waals surface area contributed by atoms with Gasteiger partial charge in [-0.15, -0.1) is 0 Å². The molecule has 30 heavy (non-hydrogen) atoms. The normalized spacial score (nSPS) is 16.9. The van der Waals surface area contributed by atoms with Crippen molar-refractivity contribution in [1.29, 1.82) is 0 Å². The van der Waals surface area contributed by atoms with Gasteiger partial charge in [-0.3, -0.25) is 4.79 Å². The number of rotatable bonds is 7. The molecule has 1 amide bonds. The molecule has 8 heteroatoms. The van der Waals surface area contributed by atoms with E-state index in [1.807, 2.05) is 31.2 Å². The largest absolute Gasteiger partial charge is 0.444 e. The Balaban J connectivity index is 1.62. The highest BCUT2D eigenvalue weighted by Gasteiger charge is 2.15. The number of oxazole rings is 1. The van der Waals surface area contributed by atoms with Gasteiger partial charge in [0.2, 0.25) is 11.8 Å². The summed E-state index contributed by atoms with van der Waals surface area (Å²) in [6.07, 6.45) is 5.09. The molecule has 1 aromatic carbocycles. The van der Waals surface area contributed by atoms with Gasteiger partial charge < -0.3 is 24.7 Å². The van der Waals surface area contributed by atoms with Crippen molar-refractivity contribution in [3.8, 4) is 11.5 Å². The molecule has 0 saturated carbocycles. The summed E-state index contributed by atoms with van der Waals surface area (Å²) in [5.41, 5.74) is 2.84. The Morgan fingerprint density at radius 2 is 2.03 bits per heavy atom. The van der Waals surface area contributed by atoms with Crippen LogP contribution in [0.5, 0.6) is 0 Å². The first-order valence-corrected chi connectivity index (χ1v) is 10.4. The van der Waals surface area contributed by atoms with Crippen LogP contribution in [0.3, 0.4) is 0 Å². The minimum absolute atomic E-state index is 0.0264. The highest BCUT2D eigenvalue weighted by atomic mass is 16.5. The maximum atomic E-state index is 11.9. The third-order valence-corrected chi connectivity index (χ3v) is 4.93. The molecule has 0 radical (unpaired) electrons. The standard InChI is InChI=1S/C22H31N5O3/c1-16-7-9-17(10-8-16)21-26-18(15-30-21)12-23-22(25-14-20(28)27(2)3)24-13-19-6-4-5-11-29-19/h7-10,15,19H,4-6,11-14H2,1-3H3,(H2,23,24,25). The van der Waals surface area contributed by atoms with Crippen LogP contribution in [0.15, 0.2) is 39.9 Å². The molecule has 0 spiro atoms. The molecule has 3 rings (SSSR count). The van der Waals surface area contributed by atoms with Crippen molar-refractivity contribution < 1.29 is 13.9 Å². The molecule has 1 saturated heterocycles. The van der Waals surface area contributed by atoms with Crippen LogP contribution in [0.25, 0.3) is 11.5 Å². The van der Waals surface area contributed by atoms with E-state index in [1.165, 1.54) is 12.0 Å². The van der Waals surface area contributed by atoms with Crippen LogP contribution in [0, 0.1) is 6.92 Å². The van der Waals surface area contributed by atoms with Crippen LogP contribution in [-0.2, 0) is 16.1 Å². The summed E-state index contributed by atoms with van der Waals surface area (Å²) in [5.74, 6) is 1.10. The molecule has 1 aliphatic heterocycles. The molecular formula is C22H31N5O3. The van der Waals surface area contributed by atoms with Gasteiger partial charge >= 0.3 is 0 Å². The Morgan fingerprint density at radius 3 is 2.73 bits per heavy atom. The number of hydrogen-bond donors (Lipinski definition) is 2. The number of likely N-dealkylation sites (N-methyl/N-ethyl adjacent to an activating group) is 1. The number of aromatic nitrogens is 1. The van der Waals surface area contributed by atoms with Gasteiger partial charge in [0.1, 0.15) is 12.0 Å². The molecule has 2 aromatic rings. The van der Waals surface area contributed by atoms with Gasteiger partial charge in [0.25, 0.3) is 0 Å². The Hall–Kier alpha value is -2.87. The molecule has 1 aliphatic rings. The Bertz CT molecular complexity index is 839. The van der Waals surface area contributed by atoms with E-state index in [-0.39, 0.29) is 18.6 Å². The van der Waals surface area contributed by atoms with Crippen molar-refractivity contribution in [3.05, 3.63) is 41.8 Å². The smallest absolute Gasteiger partial charge is 0.241 e. The zero-order chi connectivity index (χ0) is 21.3. The van der Waals surface area contributed by atoms with Crippen molar-refractivity contribution in [2.24, 2.45) is 4.99 Å². The molecule has 1 aromatic heterocycles. The number of aliphatic imine (C=N–C) groups is 1. The average molecular weight is 414 g/mol. The minimum atomic E-state index is -0.0264. The summed E-state index contributed by atoms with van der Waals surface area (Å²) < 4.78 is 11.4. The Morgan fingerprint density at radius 1 is 1.23 bits per heavy atom. The van der Waals surface area contributed by atoms with Crippen LogP contribution in [0.2, 0.25) is 0 Å². The van der Waals surface area contributed by atoms with Crippen molar-refractivity contribution in [2.45, 2.75) is 38.8 Å². The first kappa shape index (κ1) is 21.8. The Labute approximate surface area is 177 Å². The van der Waals surface area contributed by atoms with E-state index >= 15 is 0 Å². The summed E-state index contributed by atoms with van der Waals surface area (Å²) in [7, 11) is 3.46. The third kappa shape index (κ3) is 6.59. The second kappa shape index (κ2) is 10.8. The lowest BCUT2D eigenvalue weighted by Crippen LogP contribution is -2.45. The molecule has 162 valence electrons. The van der Waals surface area contributed by atoms with Crippen LogP contribution < -0.4 is 10.6 Å². The second-order valence-electron chi connectivity index (χ2n) is 7.69. The van der Waals surface area contributed by atoms with Gasteiger partial charge in [0, 0.05) is 32.8 Å². The third-order valence-electron chi connectivity index (χ3n) is 4.93. The minimum Gasteiger partial charge on any atom is -0.444 e. The molecule has 2 heterocycles. The summed E-state index contributed by atoms with van der Waals surface area (Å²) in [6, 6.07) is 8.02. The van der Waals surface area contributed by atoms with E-state index in [2.05, 4.69) is 20.6 Å². The van der Waals surface area contributed by atoms with Crippen LogP contribution in [0.1, 0.15) is 30.5 Å². The predicted octanol–water partition coefficient (Wildman–Crippen LogP) is 2.34. The molecule has 1 atom stereocenters. The highest BCUT2D eigenvalue weighted by Crippen LogP contribution is 2.19. The summed E-state index contributed by atoms with van der Waals surface area (Å²) in [5, 5.41) is 6.37. The number of amides is 1. The van der Waals surface area contributed by atoms with Gasteiger partial charge in [-0.1, -0.05) is 17.7 Å². The number of hydrogen-bond acceptors (Lipinski definition) is 5. The summed E-state index contributed by atoms with van der Waals surface area (Å²) >= 11 is 0. The van der Waals surface area contributed by atoms with Crippen LogP contribution >= 0.6 is 0 Å². The highest BCUT2D eigenvalue weighted by molar-refractivity contribution is 5.86. The van der Waals surface area contributed by atoms with E-state index in [0.717, 1.165) is 30.7 Å². The van der Waals surface area contributed by atoms with E-state index in [1.54, 1.807) is 25.3 Å². The number of carbonyl (C=O) groups excluding carboxylic acids is 1. The lowest BCUT2D eigenvalue weighted by atomic mass is 10.1. The number of ether oxygens (including phenoxy) is 1. The molecule has 1 fully saturated rings. The maximum Gasteiger partial charge on any atom is 0.241 e. The molecule has 8 nitrogen and oxygen atoms in total. The first-order valence-electron chi connectivity index (χ1n) is 10.4. The number of nitrogens with one attached hydrogen (secondary N) is 2. The molecule has 0 aliphatic carbocycles. The fourth-order valence-electron chi connectivity index (χ4n) is 3.04. The van der Waals surface area contributed by atoms with Crippen molar-refractivity contribution in [1.82, 2.24) is 20.5 Å². The fraction of sp³-hybridized carbons (Fsp3) is 0.500. The monoisotopic (exact) mass is 413 g/mol. The predicted molar refractivity (Wildman–Crippen MR) is 116 cm³/mol. The van der Waals surface area contributed by atoms with Gasteiger partial charge in [0.15, 0.2) is 5.96 Å². The topological polar surface area (TPSA) is 92.0 Å². The lowest BCUT2D eigenvalue weighted by Gasteiger charge is -2.24. The maximum absolute atomic E-state index is 11.9. The molecule has 2 N–H and O–H groups in total. The van der Waals surface area contributed by atoms with E-state index in [0.29, 0.717) is 24.9 Å². The van der Waals surface area contributed by atoms with Crippen LogP contribution in [-0.4, -0.2) is 61.6 Å². The molecule has 0 bridgehead atoms. The average Bonchev–Trinajstić information content (AvgIpc) is 3.23. The van der Waals surface area contributed by atoms with Crippen molar-refractivity contribution in [3.63, 3.8) is 0 Å². The van der Waals surface area contributed by atoms with Gasteiger partial charge in [0.05, 0.1) is 19.2 Å². The molecule has 1 unspecified atom stereocenters. The summed E-state index contributed by atoms with van der Waals surface area (Å²) in [6.45, 7) is 3.99. The van der Waals surface area contributed by atoms with Crippen LogP contribution in [0.4, 0.5) is 0 Å². The van der Waals surface area contributed by atoms with Gasteiger partial charge in [-0.2, -0.15) is 0 Å². The number of benzene rings is 1. The lowest BCUT2D eigenvalue weighted by molar-refractivity contribution is -0.127. The van der Waals surface area contributed by atoms with Gasteiger partial charge in [-0.25, -0.2) is 9.98 Å². The number of nitrogens with zero attached hydrogens (tertiary/aromatic N) is 3. The van der Waals surface area contributed by atoms with Crippen molar-refractivity contribution in [2.75, 3.05) is 33.8 Å². The van der Waals surface area contributed by atoms with Crippen molar-refractivity contribution >= 4 is 11.9 Å². The summed E-state index contributed by atoms with van der Waals surface area (Å²) in [4.78, 5) is 22.6.